The van der Waals surface area contributed by atoms with Gasteiger partial charge < -0.3 is 15.2 Å². The molecule has 2 N–H and O–H groups in total. The lowest BCUT2D eigenvalue weighted by atomic mass is 10.0. The fourth-order valence-electron chi connectivity index (χ4n) is 2.03. The molecule has 1 aromatic rings. The highest BCUT2D eigenvalue weighted by molar-refractivity contribution is 5.35. The van der Waals surface area contributed by atoms with E-state index >= 15 is 0 Å². The molecule has 0 amide bonds. The monoisotopic (exact) mass is 253 g/mol. The molecule has 0 bridgehead atoms. The van der Waals surface area contributed by atoms with Gasteiger partial charge in [-0.25, -0.2) is 4.39 Å². The summed E-state index contributed by atoms with van der Waals surface area (Å²) < 4.78 is 24.4. The first kappa shape index (κ1) is 13.3. The molecule has 2 atom stereocenters. The molecule has 1 aromatic carbocycles. The van der Waals surface area contributed by atoms with Crippen LogP contribution in [0, 0.1) is 5.82 Å². The van der Waals surface area contributed by atoms with Crippen molar-refractivity contribution >= 4 is 0 Å². The summed E-state index contributed by atoms with van der Waals surface area (Å²) in [6.45, 7) is 3.36. The first-order valence-corrected chi connectivity index (χ1v) is 6.47. The molecule has 0 aliphatic carbocycles. The molecule has 1 aliphatic heterocycles. The molecule has 0 radical (unpaired) electrons. The lowest BCUT2D eigenvalue weighted by molar-refractivity contribution is 0.140. The smallest absolute Gasteiger partial charge is 0.124 e. The lowest BCUT2D eigenvalue weighted by Gasteiger charge is -2.17. The van der Waals surface area contributed by atoms with E-state index in [9.17, 15) is 4.39 Å². The molecule has 0 aromatic heterocycles. The van der Waals surface area contributed by atoms with Crippen molar-refractivity contribution in [3.63, 3.8) is 0 Å². The van der Waals surface area contributed by atoms with E-state index < -0.39 is 0 Å². The summed E-state index contributed by atoms with van der Waals surface area (Å²) in [4.78, 5) is 0. The number of rotatable bonds is 5. The van der Waals surface area contributed by atoms with Crippen LogP contribution in [0.1, 0.15) is 25.3 Å². The molecule has 1 heterocycles. The van der Waals surface area contributed by atoms with E-state index in [1.54, 1.807) is 6.07 Å². The van der Waals surface area contributed by atoms with E-state index in [-0.39, 0.29) is 18.0 Å². The van der Waals surface area contributed by atoms with E-state index in [0.717, 1.165) is 30.8 Å². The van der Waals surface area contributed by atoms with E-state index in [0.29, 0.717) is 13.0 Å². The highest BCUT2D eigenvalue weighted by Gasteiger charge is 2.19. The molecule has 1 saturated heterocycles. The van der Waals surface area contributed by atoms with Gasteiger partial charge in [0.05, 0.1) is 13.2 Å². The van der Waals surface area contributed by atoms with E-state index in [2.05, 4.69) is 0 Å². The van der Waals surface area contributed by atoms with Crippen LogP contribution in [0.15, 0.2) is 18.2 Å². The van der Waals surface area contributed by atoms with E-state index in [1.165, 1.54) is 12.1 Å². The largest absolute Gasteiger partial charge is 0.488 e. The van der Waals surface area contributed by atoms with Crippen molar-refractivity contribution in [2.75, 3.05) is 13.2 Å². The molecule has 100 valence electrons. The van der Waals surface area contributed by atoms with Crippen LogP contribution in [0.4, 0.5) is 4.39 Å². The van der Waals surface area contributed by atoms with Gasteiger partial charge in [0.1, 0.15) is 17.7 Å². The molecule has 0 spiro atoms. The summed E-state index contributed by atoms with van der Waals surface area (Å²) in [5.41, 5.74) is 6.77. The van der Waals surface area contributed by atoms with Crippen LogP contribution < -0.4 is 10.5 Å². The van der Waals surface area contributed by atoms with Crippen molar-refractivity contribution in [3.8, 4) is 5.75 Å². The Morgan fingerprint density at radius 3 is 3.06 bits per heavy atom. The van der Waals surface area contributed by atoms with Crippen LogP contribution in [-0.4, -0.2) is 25.4 Å². The molecule has 1 aliphatic rings. The second kappa shape index (κ2) is 6.16. The number of nitrogens with two attached hydrogens (primary N) is 1. The predicted octanol–water partition coefficient (Wildman–Crippen LogP) is 2.27. The van der Waals surface area contributed by atoms with E-state index in [1.807, 2.05) is 6.92 Å². The molecule has 0 saturated carbocycles. The zero-order valence-corrected chi connectivity index (χ0v) is 10.7. The Hall–Kier alpha value is -1.13. The summed E-state index contributed by atoms with van der Waals surface area (Å²) in [6.07, 6.45) is 2.46. The summed E-state index contributed by atoms with van der Waals surface area (Å²) in [7, 11) is 0. The summed E-state index contributed by atoms with van der Waals surface area (Å²) in [6, 6.07) is 4.66. The van der Waals surface area contributed by atoms with Crippen molar-refractivity contribution in [2.45, 2.75) is 38.3 Å². The van der Waals surface area contributed by atoms with Gasteiger partial charge in [0, 0.05) is 12.5 Å². The van der Waals surface area contributed by atoms with Crippen molar-refractivity contribution in [2.24, 2.45) is 5.73 Å². The fraction of sp³-hybridized carbons (Fsp3) is 0.571. The SMILES string of the molecule is CCC(N)Cc1cc(F)ccc1OC1CCOC1. The zero-order valence-electron chi connectivity index (χ0n) is 10.7. The maximum absolute atomic E-state index is 13.3. The third-order valence-corrected chi connectivity index (χ3v) is 3.21. The van der Waals surface area contributed by atoms with Crippen LogP contribution in [0.3, 0.4) is 0 Å². The third kappa shape index (κ3) is 3.43. The first-order valence-electron chi connectivity index (χ1n) is 6.47. The summed E-state index contributed by atoms with van der Waals surface area (Å²) in [5.74, 6) is 0.485. The predicted molar refractivity (Wildman–Crippen MR) is 68.2 cm³/mol. The number of hydrogen-bond acceptors (Lipinski definition) is 3. The Balaban J connectivity index is 2.11. The quantitative estimate of drug-likeness (QED) is 0.875. The first-order chi connectivity index (χ1) is 8.69. The van der Waals surface area contributed by atoms with Crippen LogP contribution in [0.25, 0.3) is 0 Å². The number of hydrogen-bond donors (Lipinski definition) is 1. The summed E-state index contributed by atoms with van der Waals surface area (Å²) >= 11 is 0. The third-order valence-electron chi connectivity index (χ3n) is 3.21. The van der Waals surface area contributed by atoms with Gasteiger partial charge in [-0.15, -0.1) is 0 Å². The second-order valence-corrected chi connectivity index (χ2v) is 4.73. The van der Waals surface area contributed by atoms with Gasteiger partial charge in [-0.1, -0.05) is 6.92 Å². The number of ether oxygens (including phenoxy) is 2. The molecule has 2 rings (SSSR count). The highest BCUT2D eigenvalue weighted by Crippen LogP contribution is 2.24. The molecule has 18 heavy (non-hydrogen) atoms. The minimum atomic E-state index is -0.247. The Morgan fingerprint density at radius 1 is 1.56 bits per heavy atom. The van der Waals surface area contributed by atoms with Crippen molar-refractivity contribution in [3.05, 3.63) is 29.6 Å². The maximum Gasteiger partial charge on any atom is 0.124 e. The van der Waals surface area contributed by atoms with Gasteiger partial charge in [-0.2, -0.15) is 0 Å². The van der Waals surface area contributed by atoms with Crippen LogP contribution in [-0.2, 0) is 11.2 Å². The van der Waals surface area contributed by atoms with Crippen molar-refractivity contribution < 1.29 is 13.9 Å². The van der Waals surface area contributed by atoms with Crippen LogP contribution in [0.5, 0.6) is 5.75 Å². The standard InChI is InChI=1S/C14H20FNO2/c1-2-12(16)8-10-7-11(15)3-4-14(10)18-13-5-6-17-9-13/h3-4,7,12-13H,2,5-6,8-9,16H2,1H3. The van der Waals surface area contributed by atoms with Gasteiger partial charge in [0.15, 0.2) is 0 Å². The normalized spacial score (nSPS) is 20.9. The van der Waals surface area contributed by atoms with Gasteiger partial charge in [-0.05, 0) is 36.6 Å². The summed E-state index contributed by atoms with van der Waals surface area (Å²) in [5, 5.41) is 0. The molecular formula is C14H20FNO2. The molecular weight excluding hydrogens is 233 g/mol. The average molecular weight is 253 g/mol. The number of benzene rings is 1. The topological polar surface area (TPSA) is 44.5 Å². The van der Waals surface area contributed by atoms with Gasteiger partial charge in [0.2, 0.25) is 0 Å². The maximum atomic E-state index is 13.3. The van der Waals surface area contributed by atoms with Gasteiger partial charge >= 0.3 is 0 Å². The number of halogens is 1. The Bertz CT molecular complexity index is 391. The molecule has 4 heteroatoms. The van der Waals surface area contributed by atoms with E-state index in [4.69, 9.17) is 15.2 Å². The highest BCUT2D eigenvalue weighted by atomic mass is 19.1. The van der Waals surface area contributed by atoms with Crippen molar-refractivity contribution in [1.29, 1.82) is 0 Å². The van der Waals surface area contributed by atoms with Gasteiger partial charge in [-0.3, -0.25) is 0 Å². The fourth-order valence-corrected chi connectivity index (χ4v) is 2.03. The minimum absolute atomic E-state index is 0.0361. The second-order valence-electron chi connectivity index (χ2n) is 4.73. The van der Waals surface area contributed by atoms with Gasteiger partial charge in [0.25, 0.3) is 0 Å². The lowest BCUT2D eigenvalue weighted by Crippen LogP contribution is -2.23. The average Bonchev–Trinajstić information content (AvgIpc) is 2.85. The Labute approximate surface area is 107 Å². The molecule has 1 fully saturated rings. The minimum Gasteiger partial charge on any atom is -0.488 e. The van der Waals surface area contributed by atoms with Crippen LogP contribution in [0.2, 0.25) is 0 Å². The molecule has 3 nitrogen and oxygen atoms in total. The molecule has 2 unspecified atom stereocenters. The van der Waals surface area contributed by atoms with Crippen molar-refractivity contribution in [1.82, 2.24) is 0 Å². The Morgan fingerprint density at radius 2 is 2.39 bits per heavy atom. The Kier molecular flexibility index (Phi) is 4.55. The van der Waals surface area contributed by atoms with Crippen LogP contribution >= 0.6 is 0 Å². The zero-order chi connectivity index (χ0) is 13.0.